The second-order valence-electron chi connectivity index (χ2n) is 6.29. The third-order valence-corrected chi connectivity index (χ3v) is 4.72. The average molecular weight is 358 g/mol. The number of halogens is 1. The van der Waals surface area contributed by atoms with E-state index < -0.39 is 0 Å². The minimum absolute atomic E-state index is 0.0834. The minimum Gasteiger partial charge on any atom is -0.345 e. The van der Waals surface area contributed by atoms with Crippen LogP contribution in [0.4, 0.5) is 0 Å². The fourth-order valence-electron chi connectivity index (χ4n) is 3.14. The number of Topliss-reactive ketones (excluding diaryl/α,β-unsaturated/α-hetero) is 1. The molecule has 1 aliphatic heterocycles. The Bertz CT molecular complexity index is 799. The number of aryl methyl sites for hydroxylation is 1. The van der Waals surface area contributed by atoms with Crippen LogP contribution in [0.25, 0.3) is 6.08 Å². The molecule has 5 nitrogen and oxygen atoms in total. The van der Waals surface area contributed by atoms with Crippen molar-refractivity contribution in [3.05, 3.63) is 58.6 Å². The largest absolute Gasteiger partial charge is 0.345 e. The van der Waals surface area contributed by atoms with E-state index in [9.17, 15) is 9.59 Å². The molecule has 6 heteroatoms. The summed E-state index contributed by atoms with van der Waals surface area (Å²) in [6.45, 7) is 3.01. The fraction of sp³-hybridized carbons (Fsp3) is 0.316. The highest BCUT2D eigenvalue weighted by Crippen LogP contribution is 2.24. The molecule has 130 valence electrons. The summed E-state index contributed by atoms with van der Waals surface area (Å²) in [4.78, 5) is 33.8. The number of nitrogens with one attached hydrogen (secondary N) is 1. The van der Waals surface area contributed by atoms with E-state index in [0.29, 0.717) is 23.7 Å². The number of nitrogens with zero attached hydrogens (tertiary/aromatic N) is 2. The lowest BCUT2D eigenvalue weighted by atomic mass is 9.88. The number of amides is 1. The predicted octanol–water partition coefficient (Wildman–Crippen LogP) is 3.51. The maximum atomic E-state index is 12.8. The molecule has 3 rings (SSSR count). The average Bonchev–Trinajstić information content (AvgIpc) is 3.13. The van der Waals surface area contributed by atoms with Crippen LogP contribution in [0.3, 0.4) is 0 Å². The molecule has 2 aromatic rings. The van der Waals surface area contributed by atoms with Crippen LogP contribution in [0.1, 0.15) is 34.5 Å². The van der Waals surface area contributed by atoms with Gasteiger partial charge in [0.05, 0.1) is 18.2 Å². The maximum Gasteiger partial charge on any atom is 0.246 e. The van der Waals surface area contributed by atoms with Gasteiger partial charge in [0.15, 0.2) is 5.78 Å². The minimum atomic E-state index is -0.168. The Morgan fingerprint density at radius 2 is 2.24 bits per heavy atom. The Morgan fingerprint density at radius 1 is 1.40 bits per heavy atom. The van der Waals surface area contributed by atoms with E-state index in [0.717, 1.165) is 24.1 Å². The third-order valence-electron chi connectivity index (χ3n) is 4.48. The number of carbonyl (C=O) groups is 2. The van der Waals surface area contributed by atoms with Crippen molar-refractivity contribution in [2.75, 3.05) is 13.1 Å². The molecule has 0 radical (unpaired) electrons. The quantitative estimate of drug-likeness (QED) is 0.672. The van der Waals surface area contributed by atoms with Crippen LogP contribution >= 0.6 is 11.6 Å². The molecular formula is C19H20ClN3O2. The molecule has 1 saturated heterocycles. The number of hydrogen-bond acceptors (Lipinski definition) is 3. The van der Waals surface area contributed by atoms with Crippen molar-refractivity contribution in [2.45, 2.75) is 19.8 Å². The zero-order valence-electron chi connectivity index (χ0n) is 14.0. The Labute approximate surface area is 151 Å². The van der Waals surface area contributed by atoms with E-state index in [-0.39, 0.29) is 17.6 Å². The molecular weight excluding hydrogens is 338 g/mol. The molecule has 0 spiro atoms. The predicted molar refractivity (Wildman–Crippen MR) is 97.4 cm³/mol. The van der Waals surface area contributed by atoms with Gasteiger partial charge < -0.3 is 9.88 Å². The second kappa shape index (κ2) is 7.66. The molecule has 1 aliphatic rings. The number of aromatic nitrogens is 2. The summed E-state index contributed by atoms with van der Waals surface area (Å²) in [5, 5.41) is 0.624. The number of rotatable bonds is 4. The SMILES string of the molecule is Cc1cc(Cl)ccc1C(=O)[C@H]1CCCN(C(=O)/C=C/c2cnc[nH]2)C1. The molecule has 0 aliphatic carbocycles. The first-order chi connectivity index (χ1) is 12.0. The molecule has 0 saturated carbocycles. The number of carbonyl (C=O) groups excluding carboxylic acids is 2. The zero-order valence-corrected chi connectivity index (χ0v) is 14.8. The van der Waals surface area contributed by atoms with Gasteiger partial charge in [-0.25, -0.2) is 4.98 Å². The third kappa shape index (κ3) is 4.17. The number of imidazole rings is 1. The summed E-state index contributed by atoms with van der Waals surface area (Å²) in [6.07, 6.45) is 8.06. The molecule has 1 N–H and O–H groups in total. The van der Waals surface area contributed by atoms with Crippen molar-refractivity contribution in [2.24, 2.45) is 5.92 Å². The zero-order chi connectivity index (χ0) is 17.8. The van der Waals surface area contributed by atoms with Gasteiger partial charge in [0.1, 0.15) is 0 Å². The smallest absolute Gasteiger partial charge is 0.246 e. The molecule has 25 heavy (non-hydrogen) atoms. The van der Waals surface area contributed by atoms with Gasteiger partial charge in [0, 0.05) is 35.7 Å². The van der Waals surface area contributed by atoms with Gasteiger partial charge in [-0.15, -0.1) is 0 Å². The van der Waals surface area contributed by atoms with E-state index in [1.807, 2.05) is 6.92 Å². The Hall–Kier alpha value is -2.40. The second-order valence-corrected chi connectivity index (χ2v) is 6.72. The number of likely N-dealkylation sites (tertiary alicyclic amines) is 1. The number of piperidine rings is 1. The van der Waals surface area contributed by atoms with Gasteiger partial charge in [0.2, 0.25) is 5.91 Å². The summed E-state index contributed by atoms with van der Waals surface area (Å²) in [6, 6.07) is 5.31. The summed E-state index contributed by atoms with van der Waals surface area (Å²) >= 11 is 5.97. The summed E-state index contributed by atoms with van der Waals surface area (Å²) in [7, 11) is 0. The highest BCUT2D eigenvalue weighted by atomic mass is 35.5. The Kier molecular flexibility index (Phi) is 5.34. The van der Waals surface area contributed by atoms with Crippen molar-refractivity contribution in [3.63, 3.8) is 0 Å². The van der Waals surface area contributed by atoms with Crippen molar-refractivity contribution in [1.82, 2.24) is 14.9 Å². The highest BCUT2D eigenvalue weighted by molar-refractivity contribution is 6.30. The molecule has 1 aromatic carbocycles. The van der Waals surface area contributed by atoms with Gasteiger partial charge >= 0.3 is 0 Å². The van der Waals surface area contributed by atoms with Gasteiger partial charge in [0.25, 0.3) is 0 Å². The summed E-state index contributed by atoms with van der Waals surface area (Å²) < 4.78 is 0. The van der Waals surface area contributed by atoms with Crippen LogP contribution in [-0.4, -0.2) is 39.6 Å². The van der Waals surface area contributed by atoms with Crippen LogP contribution in [0.5, 0.6) is 0 Å². The van der Waals surface area contributed by atoms with Gasteiger partial charge in [-0.1, -0.05) is 11.6 Å². The molecule has 1 fully saturated rings. The topological polar surface area (TPSA) is 66.1 Å². The van der Waals surface area contributed by atoms with E-state index in [1.165, 1.54) is 6.08 Å². The van der Waals surface area contributed by atoms with E-state index in [2.05, 4.69) is 9.97 Å². The molecule has 1 atom stereocenters. The number of aromatic amines is 1. The first-order valence-corrected chi connectivity index (χ1v) is 8.68. The maximum absolute atomic E-state index is 12.8. The molecule has 1 amide bonds. The molecule has 1 aromatic heterocycles. The number of benzene rings is 1. The van der Waals surface area contributed by atoms with Crippen molar-refractivity contribution < 1.29 is 9.59 Å². The van der Waals surface area contributed by atoms with Crippen LogP contribution in [-0.2, 0) is 4.79 Å². The normalized spacial score (nSPS) is 17.8. The Morgan fingerprint density at radius 3 is 2.96 bits per heavy atom. The lowest BCUT2D eigenvalue weighted by molar-refractivity contribution is -0.127. The fourth-order valence-corrected chi connectivity index (χ4v) is 3.37. The van der Waals surface area contributed by atoms with E-state index in [4.69, 9.17) is 11.6 Å². The number of H-pyrrole nitrogens is 1. The van der Waals surface area contributed by atoms with Crippen LogP contribution in [0, 0.1) is 12.8 Å². The van der Waals surface area contributed by atoms with Gasteiger partial charge in [-0.3, -0.25) is 9.59 Å². The van der Waals surface area contributed by atoms with Crippen LogP contribution in [0.15, 0.2) is 36.8 Å². The van der Waals surface area contributed by atoms with Gasteiger partial charge in [-0.2, -0.15) is 0 Å². The van der Waals surface area contributed by atoms with Gasteiger partial charge in [-0.05, 0) is 49.6 Å². The monoisotopic (exact) mass is 357 g/mol. The highest BCUT2D eigenvalue weighted by Gasteiger charge is 2.28. The summed E-state index contributed by atoms with van der Waals surface area (Å²) in [5.41, 5.74) is 2.34. The van der Waals surface area contributed by atoms with Crippen molar-refractivity contribution in [3.8, 4) is 0 Å². The lowest BCUT2D eigenvalue weighted by Gasteiger charge is -2.31. The number of hydrogen-bond donors (Lipinski definition) is 1. The summed E-state index contributed by atoms with van der Waals surface area (Å²) in [5.74, 6) is -0.165. The molecule has 0 unspecified atom stereocenters. The lowest BCUT2D eigenvalue weighted by Crippen LogP contribution is -2.41. The van der Waals surface area contributed by atoms with Crippen LogP contribution in [0.2, 0.25) is 5.02 Å². The van der Waals surface area contributed by atoms with Crippen molar-refractivity contribution in [1.29, 1.82) is 0 Å². The molecule has 0 bridgehead atoms. The number of ketones is 1. The Balaban J connectivity index is 1.68. The van der Waals surface area contributed by atoms with Crippen LogP contribution < -0.4 is 0 Å². The van der Waals surface area contributed by atoms with Crippen molar-refractivity contribution >= 4 is 29.4 Å². The molecule has 2 heterocycles. The first kappa shape index (κ1) is 17.4. The van der Waals surface area contributed by atoms with E-state index >= 15 is 0 Å². The van der Waals surface area contributed by atoms with E-state index in [1.54, 1.807) is 41.7 Å². The first-order valence-electron chi connectivity index (χ1n) is 8.30. The standard InChI is InChI=1S/C19H20ClN3O2/c1-13-9-15(20)4-6-17(13)19(25)14-3-2-8-23(11-14)18(24)7-5-16-10-21-12-22-16/h4-7,9-10,12,14H,2-3,8,11H2,1H3,(H,21,22)/b7-5+/t14-/m0/s1.